The van der Waals surface area contributed by atoms with E-state index in [9.17, 15) is 5.26 Å². The molecule has 0 saturated carbocycles. The van der Waals surface area contributed by atoms with Crippen LogP contribution in [-0.4, -0.2) is 4.98 Å². The molecule has 2 heterocycles. The number of aromatic nitrogens is 1. The highest BCUT2D eigenvalue weighted by atomic mass is 16.3. The Morgan fingerprint density at radius 3 is 1.78 bits per heavy atom. The first-order valence-electron chi connectivity index (χ1n) is 18.8. The van der Waals surface area contributed by atoms with E-state index in [2.05, 4.69) is 152 Å². The Hall–Kier alpha value is -7.28. The highest BCUT2D eigenvalue weighted by molar-refractivity contribution is 6.19. The lowest BCUT2D eigenvalue weighted by molar-refractivity contribution is 0.654. The molecule has 0 atom stereocenters. The molecule has 1 aliphatic carbocycles. The van der Waals surface area contributed by atoms with Crippen LogP contribution in [0.1, 0.15) is 29.5 Å². The standard InChI is InChI=1S/C52H32N2O/c53-31-39-28-38(30-46-47-29-37-11-2-8-19-48(37)54-52(47)55-51(39)46)32-20-24-35(25-21-32)49-42-14-4-6-16-44(42)50(45-17-7-5-15-43(45)49)36-26-22-34(23-27-36)41-18-9-12-33-10-1-3-13-40(33)41/h1-20,22-24,26-30H,21,25H2. The lowest BCUT2D eigenvalue weighted by atomic mass is 9.82. The second kappa shape index (κ2) is 12.4. The number of rotatable bonds is 4. The fourth-order valence-corrected chi connectivity index (χ4v) is 8.84. The predicted molar refractivity (Wildman–Crippen MR) is 229 cm³/mol. The number of pyridine rings is 1. The Kier molecular flexibility index (Phi) is 7.05. The van der Waals surface area contributed by atoms with Crippen LogP contribution in [-0.2, 0) is 0 Å². The normalized spacial score (nSPS) is 13.1. The van der Waals surface area contributed by atoms with Crippen LogP contribution in [0.3, 0.4) is 0 Å². The summed E-state index contributed by atoms with van der Waals surface area (Å²) in [5.41, 5.74) is 12.4. The first-order chi connectivity index (χ1) is 27.2. The summed E-state index contributed by atoms with van der Waals surface area (Å²) in [6, 6.07) is 58.7. The summed E-state index contributed by atoms with van der Waals surface area (Å²) in [5, 5.41) is 20.7. The zero-order valence-electron chi connectivity index (χ0n) is 29.9. The van der Waals surface area contributed by atoms with Gasteiger partial charge in [-0.3, -0.25) is 0 Å². The van der Waals surface area contributed by atoms with Crippen LogP contribution < -0.4 is 0 Å². The predicted octanol–water partition coefficient (Wildman–Crippen LogP) is 14.1. The first-order valence-corrected chi connectivity index (χ1v) is 18.8. The van der Waals surface area contributed by atoms with Gasteiger partial charge in [0.1, 0.15) is 6.07 Å². The van der Waals surface area contributed by atoms with E-state index in [4.69, 9.17) is 9.40 Å². The highest BCUT2D eigenvalue weighted by Crippen LogP contribution is 2.45. The van der Waals surface area contributed by atoms with Crippen molar-refractivity contribution < 1.29 is 4.42 Å². The van der Waals surface area contributed by atoms with E-state index >= 15 is 0 Å². The Labute approximate surface area is 317 Å². The maximum atomic E-state index is 10.2. The van der Waals surface area contributed by atoms with Gasteiger partial charge >= 0.3 is 0 Å². The van der Waals surface area contributed by atoms with Gasteiger partial charge in [-0.2, -0.15) is 5.26 Å². The monoisotopic (exact) mass is 700 g/mol. The van der Waals surface area contributed by atoms with Crippen molar-refractivity contribution in [3.8, 4) is 28.3 Å². The van der Waals surface area contributed by atoms with Crippen molar-refractivity contribution in [2.75, 3.05) is 0 Å². The Morgan fingerprint density at radius 2 is 1.07 bits per heavy atom. The van der Waals surface area contributed by atoms with E-state index < -0.39 is 0 Å². The number of benzene rings is 8. The smallest absolute Gasteiger partial charge is 0.227 e. The van der Waals surface area contributed by atoms with Crippen LogP contribution in [0.2, 0.25) is 0 Å². The number of fused-ring (bicyclic) bond motifs is 7. The van der Waals surface area contributed by atoms with Crippen molar-refractivity contribution in [2.45, 2.75) is 12.8 Å². The molecule has 0 bridgehead atoms. The van der Waals surface area contributed by atoms with Gasteiger partial charge in [0.05, 0.1) is 11.1 Å². The third-order valence-corrected chi connectivity index (χ3v) is 11.4. The Bertz CT molecular complexity index is 3260. The van der Waals surface area contributed by atoms with E-state index in [0.717, 1.165) is 40.1 Å². The Morgan fingerprint density at radius 1 is 0.473 bits per heavy atom. The largest absolute Gasteiger partial charge is 0.436 e. The van der Waals surface area contributed by atoms with Crippen LogP contribution in [0.5, 0.6) is 0 Å². The van der Waals surface area contributed by atoms with Crippen LogP contribution in [0.15, 0.2) is 174 Å². The molecule has 0 saturated heterocycles. The fraction of sp³-hybridized carbons (Fsp3) is 0.0385. The molecule has 1 aliphatic rings. The Balaban J connectivity index is 1.03. The highest BCUT2D eigenvalue weighted by Gasteiger charge is 2.21. The summed E-state index contributed by atoms with van der Waals surface area (Å²) in [4.78, 5) is 4.78. The first kappa shape index (κ1) is 31.3. The summed E-state index contributed by atoms with van der Waals surface area (Å²) >= 11 is 0. The minimum atomic E-state index is 0.531. The molecular formula is C52H32N2O. The number of allylic oxidation sites excluding steroid dienone is 4. The topological polar surface area (TPSA) is 49.8 Å². The lowest BCUT2D eigenvalue weighted by Crippen LogP contribution is -1.98. The van der Waals surface area contributed by atoms with Crippen molar-refractivity contribution in [3.05, 3.63) is 187 Å². The van der Waals surface area contributed by atoms with Crippen molar-refractivity contribution in [3.63, 3.8) is 0 Å². The van der Waals surface area contributed by atoms with E-state index in [-0.39, 0.29) is 0 Å². The van der Waals surface area contributed by atoms with E-state index in [1.807, 2.05) is 24.3 Å². The summed E-state index contributed by atoms with van der Waals surface area (Å²) in [5.74, 6) is 0. The number of nitriles is 1. The average molecular weight is 701 g/mol. The minimum absolute atomic E-state index is 0.531. The molecule has 55 heavy (non-hydrogen) atoms. The molecule has 0 unspecified atom stereocenters. The maximum absolute atomic E-state index is 10.2. The molecule has 11 rings (SSSR count). The number of furan rings is 1. The molecule has 8 aromatic carbocycles. The lowest BCUT2D eigenvalue weighted by Gasteiger charge is -2.22. The van der Waals surface area contributed by atoms with E-state index in [0.29, 0.717) is 16.9 Å². The summed E-state index contributed by atoms with van der Waals surface area (Å²) in [6.45, 7) is 0. The molecule has 0 fully saturated rings. The van der Waals surface area contributed by atoms with Gasteiger partial charge in [0.2, 0.25) is 5.71 Å². The molecule has 0 radical (unpaired) electrons. The molecule has 2 aromatic heterocycles. The van der Waals surface area contributed by atoms with Gasteiger partial charge in [0, 0.05) is 16.2 Å². The van der Waals surface area contributed by atoms with Gasteiger partial charge in [-0.05, 0) is 114 Å². The van der Waals surface area contributed by atoms with Crippen molar-refractivity contribution >= 4 is 76.4 Å². The van der Waals surface area contributed by atoms with Gasteiger partial charge in [0.25, 0.3) is 0 Å². The molecule has 3 heteroatoms. The molecule has 0 aliphatic heterocycles. The zero-order chi connectivity index (χ0) is 36.5. The molecule has 0 N–H and O–H groups in total. The second-order valence-corrected chi connectivity index (χ2v) is 14.5. The van der Waals surface area contributed by atoms with E-state index in [1.54, 1.807) is 0 Å². The molecule has 10 aromatic rings. The molecule has 3 nitrogen and oxygen atoms in total. The van der Waals surface area contributed by atoms with E-state index in [1.165, 1.54) is 71.3 Å². The maximum Gasteiger partial charge on any atom is 0.227 e. The fourth-order valence-electron chi connectivity index (χ4n) is 8.84. The van der Waals surface area contributed by atoms with Crippen molar-refractivity contribution in [2.24, 2.45) is 0 Å². The number of para-hydroxylation sites is 1. The quantitative estimate of drug-likeness (QED) is 0.172. The number of hydrogen-bond acceptors (Lipinski definition) is 3. The van der Waals surface area contributed by atoms with Crippen molar-refractivity contribution in [1.29, 1.82) is 5.26 Å². The number of nitrogens with zero attached hydrogens (tertiary/aromatic N) is 2. The third-order valence-electron chi connectivity index (χ3n) is 11.4. The van der Waals surface area contributed by atoms with Crippen LogP contribution in [0, 0.1) is 11.3 Å². The summed E-state index contributed by atoms with van der Waals surface area (Å²) < 4.78 is 6.20. The zero-order valence-corrected chi connectivity index (χ0v) is 29.9. The molecular weight excluding hydrogens is 669 g/mol. The molecule has 256 valence electrons. The van der Waals surface area contributed by atoms with Gasteiger partial charge in [-0.15, -0.1) is 0 Å². The number of hydrogen-bond donors (Lipinski definition) is 0. The second-order valence-electron chi connectivity index (χ2n) is 14.5. The summed E-state index contributed by atoms with van der Waals surface area (Å²) in [6.07, 6.45) is 6.29. The van der Waals surface area contributed by atoms with Gasteiger partial charge in [0.15, 0.2) is 5.58 Å². The molecule has 0 spiro atoms. The minimum Gasteiger partial charge on any atom is -0.436 e. The molecule has 0 amide bonds. The summed E-state index contributed by atoms with van der Waals surface area (Å²) in [7, 11) is 0. The van der Waals surface area contributed by atoms with Crippen LogP contribution in [0.25, 0.3) is 98.7 Å². The van der Waals surface area contributed by atoms with Gasteiger partial charge < -0.3 is 4.42 Å². The van der Waals surface area contributed by atoms with Crippen molar-refractivity contribution in [1.82, 2.24) is 4.98 Å². The van der Waals surface area contributed by atoms with Crippen LogP contribution in [0.4, 0.5) is 0 Å². The van der Waals surface area contributed by atoms with Gasteiger partial charge in [-0.1, -0.05) is 146 Å². The van der Waals surface area contributed by atoms with Gasteiger partial charge in [-0.25, -0.2) is 4.98 Å². The third kappa shape index (κ3) is 5.00. The SMILES string of the molecule is N#Cc1cc(C2=CC=C(c3c4ccccc4c(-c4ccc(-c5cccc6ccccc56)cc4)c4ccccc34)CC2)cc2c1oc1nc3ccccc3cc12. The average Bonchev–Trinajstić information content (AvgIpc) is 3.61. The van der Waals surface area contributed by atoms with Crippen LogP contribution >= 0.6 is 0 Å².